The quantitative estimate of drug-likeness (QED) is 0.454. The topological polar surface area (TPSA) is 111 Å². The zero-order valence-corrected chi connectivity index (χ0v) is 11.4. The Balaban J connectivity index is 2.84. The molecule has 0 bridgehead atoms. The van der Waals surface area contributed by atoms with Crippen molar-refractivity contribution in [2.75, 3.05) is 13.7 Å². The second-order valence-electron chi connectivity index (χ2n) is 4.77. The molecular weight excluding hydrogens is 252 g/mol. The van der Waals surface area contributed by atoms with Crippen molar-refractivity contribution in [3.05, 3.63) is 0 Å². The molecule has 0 radical (unpaired) electrons. The van der Waals surface area contributed by atoms with Gasteiger partial charge in [-0.3, -0.25) is 9.79 Å². The number of rotatable bonds is 5. The predicted octanol–water partition coefficient (Wildman–Crippen LogP) is -1.55. The first-order valence-electron chi connectivity index (χ1n) is 6.22. The lowest BCUT2D eigenvalue weighted by Gasteiger charge is -2.21. The van der Waals surface area contributed by atoms with Crippen LogP contribution in [0.15, 0.2) is 4.99 Å². The summed E-state index contributed by atoms with van der Waals surface area (Å²) in [4.78, 5) is 15.2. The van der Waals surface area contributed by atoms with Crippen molar-refractivity contribution < 1.29 is 24.9 Å². The monoisotopic (exact) mass is 274 g/mol. The molecule has 0 spiro atoms. The summed E-state index contributed by atoms with van der Waals surface area (Å²) in [6.45, 7) is 2.65. The van der Waals surface area contributed by atoms with Gasteiger partial charge in [0.2, 0.25) is 5.91 Å². The van der Waals surface area contributed by atoms with E-state index in [1.54, 1.807) is 7.05 Å². The van der Waals surface area contributed by atoms with Crippen LogP contribution in [0.25, 0.3) is 0 Å². The van der Waals surface area contributed by atoms with E-state index in [4.69, 9.17) is 9.84 Å². The van der Waals surface area contributed by atoms with E-state index in [0.29, 0.717) is 6.42 Å². The van der Waals surface area contributed by atoms with E-state index in [2.05, 4.69) is 10.3 Å². The van der Waals surface area contributed by atoms with Crippen LogP contribution in [0.3, 0.4) is 0 Å². The first-order valence-corrected chi connectivity index (χ1v) is 6.22. The molecule has 0 aliphatic carbocycles. The number of nitrogens with zero attached hydrogens (tertiary/aromatic N) is 1. The van der Waals surface area contributed by atoms with Crippen LogP contribution >= 0.6 is 0 Å². The van der Waals surface area contributed by atoms with Gasteiger partial charge in [0.25, 0.3) is 0 Å². The number of amides is 1. The molecule has 1 aliphatic heterocycles. The van der Waals surface area contributed by atoms with E-state index in [-0.39, 0.29) is 5.91 Å². The molecule has 1 amide bonds. The summed E-state index contributed by atoms with van der Waals surface area (Å²) in [6.07, 6.45) is -3.21. The summed E-state index contributed by atoms with van der Waals surface area (Å²) in [5, 5.41) is 31.3. The molecule has 1 aliphatic rings. The van der Waals surface area contributed by atoms with Crippen molar-refractivity contribution >= 4 is 11.6 Å². The largest absolute Gasteiger partial charge is 0.394 e. The van der Waals surface area contributed by atoms with Gasteiger partial charge in [0, 0.05) is 26.1 Å². The summed E-state index contributed by atoms with van der Waals surface area (Å²) < 4.78 is 5.56. The fraction of sp³-hybridized carbons (Fsp3) is 0.833. The van der Waals surface area contributed by atoms with Crippen LogP contribution in [0.5, 0.6) is 0 Å². The highest BCUT2D eigenvalue weighted by atomic mass is 16.5. The first-order chi connectivity index (χ1) is 8.90. The molecule has 0 saturated carbocycles. The molecule has 110 valence electrons. The van der Waals surface area contributed by atoms with Gasteiger partial charge >= 0.3 is 0 Å². The molecule has 1 rings (SSSR count). The van der Waals surface area contributed by atoms with Crippen molar-refractivity contribution in [3.8, 4) is 0 Å². The fourth-order valence-corrected chi connectivity index (χ4v) is 2.18. The van der Waals surface area contributed by atoms with Crippen molar-refractivity contribution in [1.29, 1.82) is 0 Å². The maximum atomic E-state index is 11.2. The van der Waals surface area contributed by atoms with Gasteiger partial charge in [0.05, 0.1) is 18.8 Å². The lowest BCUT2D eigenvalue weighted by Crippen LogP contribution is -2.49. The molecule has 4 N–H and O–H groups in total. The molecular formula is C12H22N2O5. The third-order valence-electron chi connectivity index (χ3n) is 3.25. The van der Waals surface area contributed by atoms with Gasteiger partial charge in [0.1, 0.15) is 18.3 Å². The zero-order chi connectivity index (χ0) is 14.6. The van der Waals surface area contributed by atoms with E-state index >= 15 is 0 Å². The van der Waals surface area contributed by atoms with Gasteiger partial charge in [-0.25, -0.2) is 0 Å². The number of nitrogens with one attached hydrogen (secondary N) is 1. The lowest BCUT2D eigenvalue weighted by atomic mass is 9.99. The van der Waals surface area contributed by atoms with E-state index in [9.17, 15) is 15.0 Å². The van der Waals surface area contributed by atoms with E-state index in [0.717, 1.165) is 5.71 Å². The van der Waals surface area contributed by atoms with Crippen LogP contribution in [0.4, 0.5) is 0 Å². The van der Waals surface area contributed by atoms with Crippen LogP contribution < -0.4 is 5.32 Å². The van der Waals surface area contributed by atoms with Gasteiger partial charge in [-0.1, -0.05) is 0 Å². The third kappa shape index (κ3) is 3.97. The lowest BCUT2D eigenvalue weighted by molar-refractivity contribution is -0.120. The Morgan fingerprint density at radius 1 is 1.47 bits per heavy atom. The summed E-state index contributed by atoms with van der Waals surface area (Å²) in [6, 6.07) is -0.625. The average Bonchev–Trinajstić information content (AvgIpc) is 2.66. The van der Waals surface area contributed by atoms with E-state index in [1.165, 1.54) is 6.92 Å². The molecule has 1 saturated heterocycles. The Morgan fingerprint density at radius 3 is 2.58 bits per heavy atom. The maximum Gasteiger partial charge on any atom is 0.217 e. The number of carbonyl (C=O) groups excluding carboxylic acids is 1. The summed E-state index contributed by atoms with van der Waals surface area (Å²) in [5.74, 6) is -0.289. The minimum Gasteiger partial charge on any atom is -0.394 e. The number of hydrogen-bond acceptors (Lipinski definition) is 6. The minimum absolute atomic E-state index is 0.289. The SMILES string of the molecule is CN=C(C)C[C@H]1O[C@H]([C@H](O)CO)[C@H](O)[C@@H]1NC(C)=O. The van der Waals surface area contributed by atoms with Crippen LogP contribution in [-0.4, -0.2) is 71.1 Å². The highest BCUT2D eigenvalue weighted by Gasteiger charge is 2.46. The highest BCUT2D eigenvalue weighted by molar-refractivity contribution is 5.82. The minimum atomic E-state index is -1.19. The van der Waals surface area contributed by atoms with Crippen LogP contribution in [-0.2, 0) is 9.53 Å². The Hall–Kier alpha value is -1.02. The normalized spacial score (nSPS) is 33.3. The Kier molecular flexibility index (Phi) is 5.86. The van der Waals surface area contributed by atoms with Crippen molar-refractivity contribution in [3.63, 3.8) is 0 Å². The smallest absolute Gasteiger partial charge is 0.217 e. The van der Waals surface area contributed by atoms with E-state index < -0.39 is 37.1 Å². The number of aliphatic imine (C=N–C) groups is 1. The predicted molar refractivity (Wildman–Crippen MR) is 69.0 cm³/mol. The summed E-state index contributed by atoms with van der Waals surface area (Å²) in [7, 11) is 1.65. The first kappa shape index (κ1) is 16.0. The molecule has 0 aromatic heterocycles. The summed E-state index contributed by atoms with van der Waals surface area (Å²) >= 11 is 0. The van der Waals surface area contributed by atoms with E-state index in [1.807, 2.05) is 6.92 Å². The number of aliphatic hydroxyl groups is 3. The molecule has 0 unspecified atom stereocenters. The number of hydrogen-bond donors (Lipinski definition) is 4. The molecule has 7 heteroatoms. The second kappa shape index (κ2) is 6.95. The van der Waals surface area contributed by atoms with Crippen molar-refractivity contribution in [2.45, 2.75) is 50.7 Å². The average molecular weight is 274 g/mol. The third-order valence-corrected chi connectivity index (χ3v) is 3.25. The highest BCUT2D eigenvalue weighted by Crippen LogP contribution is 2.26. The number of ether oxygens (including phenoxy) is 1. The molecule has 5 atom stereocenters. The van der Waals surface area contributed by atoms with Gasteiger partial charge in [0.15, 0.2) is 0 Å². The Bertz CT molecular complexity index is 347. The van der Waals surface area contributed by atoms with Gasteiger partial charge in [-0.15, -0.1) is 0 Å². The fourth-order valence-electron chi connectivity index (χ4n) is 2.18. The van der Waals surface area contributed by atoms with Crippen LogP contribution in [0.2, 0.25) is 0 Å². The molecule has 1 heterocycles. The molecule has 1 fully saturated rings. The standard InChI is InChI=1S/C12H22N2O5/c1-6(13-3)4-9-10(14-7(2)16)11(18)12(19-9)8(17)5-15/h8-12,15,17-18H,4-5H2,1-3H3,(H,14,16)/t8-,9-,10-,11-,12-/m1/s1. The Labute approximate surface area is 112 Å². The van der Waals surface area contributed by atoms with Crippen LogP contribution in [0.1, 0.15) is 20.3 Å². The van der Waals surface area contributed by atoms with Gasteiger partial charge < -0.3 is 25.4 Å². The zero-order valence-electron chi connectivity index (χ0n) is 11.4. The maximum absolute atomic E-state index is 11.2. The van der Waals surface area contributed by atoms with Gasteiger partial charge in [-0.05, 0) is 6.92 Å². The van der Waals surface area contributed by atoms with Gasteiger partial charge in [-0.2, -0.15) is 0 Å². The molecule has 0 aromatic carbocycles. The number of aliphatic hydroxyl groups excluding tert-OH is 3. The Morgan fingerprint density at radius 2 is 2.11 bits per heavy atom. The molecule has 7 nitrogen and oxygen atoms in total. The second-order valence-corrected chi connectivity index (χ2v) is 4.77. The summed E-state index contributed by atoms with van der Waals surface area (Å²) in [5.41, 5.74) is 0.812. The van der Waals surface area contributed by atoms with Crippen LogP contribution in [0, 0.1) is 0 Å². The molecule has 19 heavy (non-hydrogen) atoms. The van der Waals surface area contributed by atoms with Crippen molar-refractivity contribution in [1.82, 2.24) is 5.32 Å². The molecule has 0 aromatic rings. The number of carbonyl (C=O) groups is 1. The van der Waals surface area contributed by atoms with Crippen molar-refractivity contribution in [2.24, 2.45) is 4.99 Å².